The van der Waals surface area contributed by atoms with E-state index in [2.05, 4.69) is 5.10 Å². The van der Waals surface area contributed by atoms with Crippen LogP contribution in [-0.4, -0.2) is 14.9 Å². The van der Waals surface area contributed by atoms with Crippen LogP contribution < -0.4 is 5.73 Å². The smallest absolute Gasteiger partial charge is 0.384 e. The number of aliphatic hydroxyl groups is 1. The van der Waals surface area contributed by atoms with Gasteiger partial charge in [0.05, 0.1) is 11.8 Å². The lowest BCUT2D eigenvalue weighted by atomic mass is 10.0. The molecule has 102 valence electrons. The average molecular weight is 271 g/mol. The summed E-state index contributed by atoms with van der Waals surface area (Å²) in [5.41, 5.74) is 5.27. The normalized spacial score (nSPS) is 13.5. The molecule has 1 aromatic heterocycles. The summed E-state index contributed by atoms with van der Waals surface area (Å²) in [5.74, 6) is 0.213. The van der Waals surface area contributed by atoms with Crippen molar-refractivity contribution in [1.82, 2.24) is 9.78 Å². The van der Waals surface area contributed by atoms with Crippen molar-refractivity contribution in [1.29, 1.82) is 0 Å². The van der Waals surface area contributed by atoms with E-state index in [1.807, 2.05) is 0 Å². The predicted molar refractivity (Wildman–Crippen MR) is 63.1 cm³/mol. The van der Waals surface area contributed by atoms with Gasteiger partial charge < -0.3 is 10.8 Å². The van der Waals surface area contributed by atoms with Gasteiger partial charge in [0.15, 0.2) is 0 Å². The van der Waals surface area contributed by atoms with E-state index in [9.17, 15) is 18.3 Å². The van der Waals surface area contributed by atoms with Gasteiger partial charge in [-0.05, 0) is 17.7 Å². The first-order valence-corrected chi connectivity index (χ1v) is 5.43. The zero-order valence-corrected chi connectivity index (χ0v) is 10.0. The maximum atomic E-state index is 12.6. The van der Waals surface area contributed by atoms with Crippen LogP contribution >= 0.6 is 0 Å². The lowest BCUT2D eigenvalue weighted by molar-refractivity contribution is -0.137. The van der Waals surface area contributed by atoms with E-state index < -0.39 is 17.8 Å². The summed E-state index contributed by atoms with van der Waals surface area (Å²) in [7, 11) is 1.58. The fourth-order valence-electron chi connectivity index (χ4n) is 1.74. The number of hydrogen-bond donors (Lipinski definition) is 2. The van der Waals surface area contributed by atoms with Gasteiger partial charge >= 0.3 is 6.18 Å². The zero-order chi connectivity index (χ0) is 14.2. The summed E-state index contributed by atoms with van der Waals surface area (Å²) < 4.78 is 39.1. The Balaban J connectivity index is 2.40. The molecule has 0 bridgehead atoms. The number of nitrogens with zero attached hydrogens (tertiary/aromatic N) is 2. The van der Waals surface area contributed by atoms with Gasteiger partial charge in [-0.15, -0.1) is 0 Å². The fraction of sp³-hybridized carbons (Fsp3) is 0.250. The summed E-state index contributed by atoms with van der Waals surface area (Å²) in [4.78, 5) is 0. The van der Waals surface area contributed by atoms with Crippen LogP contribution in [0, 0.1) is 0 Å². The third kappa shape index (κ3) is 2.55. The highest BCUT2D eigenvalue weighted by molar-refractivity contribution is 5.44. The summed E-state index contributed by atoms with van der Waals surface area (Å²) in [6, 6.07) is 4.50. The Hall–Kier alpha value is -2.02. The van der Waals surface area contributed by atoms with E-state index in [0.717, 1.165) is 12.1 Å². The molecule has 0 amide bonds. The molecule has 1 unspecified atom stereocenters. The zero-order valence-electron chi connectivity index (χ0n) is 10.0. The van der Waals surface area contributed by atoms with Crippen molar-refractivity contribution >= 4 is 5.82 Å². The van der Waals surface area contributed by atoms with Crippen molar-refractivity contribution < 1.29 is 18.3 Å². The second kappa shape index (κ2) is 4.58. The summed E-state index contributed by atoms with van der Waals surface area (Å²) >= 11 is 0. The lowest BCUT2D eigenvalue weighted by Crippen LogP contribution is -2.08. The van der Waals surface area contributed by atoms with Crippen molar-refractivity contribution in [3.05, 3.63) is 47.2 Å². The highest BCUT2D eigenvalue weighted by Gasteiger charge is 2.31. The summed E-state index contributed by atoms with van der Waals surface area (Å²) in [6.07, 6.45) is -4.35. The minimum Gasteiger partial charge on any atom is -0.384 e. The maximum absolute atomic E-state index is 12.6. The molecule has 0 saturated carbocycles. The van der Waals surface area contributed by atoms with Crippen LogP contribution in [0.5, 0.6) is 0 Å². The molecule has 2 aromatic rings. The number of aryl methyl sites for hydroxylation is 1. The molecule has 7 heteroatoms. The number of nitrogens with two attached hydrogens (primary N) is 1. The van der Waals surface area contributed by atoms with Gasteiger partial charge in [-0.2, -0.15) is 18.3 Å². The first-order chi connectivity index (χ1) is 8.80. The van der Waals surface area contributed by atoms with Crippen molar-refractivity contribution in [3.63, 3.8) is 0 Å². The van der Waals surface area contributed by atoms with Crippen molar-refractivity contribution in [3.8, 4) is 0 Å². The SMILES string of the molecule is Cn1ncc(C(O)c2cccc(C(F)(F)F)c2)c1N. The second-order valence-corrected chi connectivity index (χ2v) is 4.13. The first kappa shape index (κ1) is 13.4. The molecule has 1 aromatic carbocycles. The summed E-state index contributed by atoms with van der Waals surface area (Å²) in [6.45, 7) is 0. The van der Waals surface area contributed by atoms with Crippen molar-refractivity contribution in [2.45, 2.75) is 12.3 Å². The molecule has 0 fully saturated rings. The topological polar surface area (TPSA) is 64.1 Å². The number of hydrogen-bond acceptors (Lipinski definition) is 3. The van der Waals surface area contributed by atoms with Crippen molar-refractivity contribution in [2.24, 2.45) is 7.05 Å². The van der Waals surface area contributed by atoms with Crippen LogP contribution in [0.2, 0.25) is 0 Å². The van der Waals surface area contributed by atoms with E-state index >= 15 is 0 Å². The Morgan fingerprint density at radius 1 is 1.37 bits per heavy atom. The summed E-state index contributed by atoms with van der Waals surface area (Å²) in [5, 5.41) is 13.9. The number of nitrogen functional groups attached to an aromatic ring is 1. The Kier molecular flexibility index (Phi) is 3.23. The van der Waals surface area contributed by atoms with Crippen LogP contribution in [0.1, 0.15) is 22.8 Å². The second-order valence-electron chi connectivity index (χ2n) is 4.13. The Morgan fingerprint density at radius 2 is 2.05 bits per heavy atom. The van der Waals surface area contributed by atoms with Gasteiger partial charge in [0.1, 0.15) is 11.9 Å². The van der Waals surface area contributed by atoms with E-state index in [0.29, 0.717) is 0 Å². The molecule has 0 aliphatic heterocycles. The quantitative estimate of drug-likeness (QED) is 0.879. The van der Waals surface area contributed by atoms with Gasteiger partial charge in [0.25, 0.3) is 0 Å². The minimum atomic E-state index is -4.45. The molecule has 19 heavy (non-hydrogen) atoms. The fourth-order valence-corrected chi connectivity index (χ4v) is 1.74. The Bertz CT molecular complexity index is 592. The van der Waals surface area contributed by atoms with E-state index in [1.165, 1.54) is 23.0 Å². The lowest BCUT2D eigenvalue weighted by Gasteiger charge is -2.13. The van der Waals surface area contributed by atoms with Crippen LogP contribution in [0.25, 0.3) is 0 Å². The number of aliphatic hydroxyl groups excluding tert-OH is 1. The highest BCUT2D eigenvalue weighted by Crippen LogP contribution is 2.33. The molecule has 0 spiro atoms. The predicted octanol–water partition coefficient (Wildman–Crippen LogP) is 2.10. The third-order valence-electron chi connectivity index (χ3n) is 2.84. The number of aromatic nitrogens is 2. The number of benzene rings is 1. The molecule has 0 radical (unpaired) electrons. The molecule has 4 nitrogen and oxygen atoms in total. The molecular formula is C12H12F3N3O. The van der Waals surface area contributed by atoms with Crippen LogP contribution in [0.4, 0.5) is 19.0 Å². The minimum absolute atomic E-state index is 0.120. The monoisotopic (exact) mass is 271 g/mol. The van der Waals surface area contributed by atoms with Crippen molar-refractivity contribution in [2.75, 3.05) is 5.73 Å². The maximum Gasteiger partial charge on any atom is 0.416 e. The highest BCUT2D eigenvalue weighted by atomic mass is 19.4. The number of rotatable bonds is 2. The van der Waals surface area contributed by atoms with Gasteiger partial charge in [0.2, 0.25) is 0 Å². The average Bonchev–Trinajstić information content (AvgIpc) is 2.68. The standard InChI is InChI=1S/C12H12F3N3O/c1-18-11(16)9(6-17-18)10(19)7-3-2-4-8(5-7)12(13,14)15/h2-6,10,19H,16H2,1H3. The molecule has 0 aliphatic rings. The number of halogens is 3. The largest absolute Gasteiger partial charge is 0.416 e. The van der Waals surface area contributed by atoms with E-state index in [1.54, 1.807) is 7.05 Å². The number of alkyl halides is 3. The van der Waals surface area contributed by atoms with Crippen LogP contribution in [-0.2, 0) is 13.2 Å². The third-order valence-corrected chi connectivity index (χ3v) is 2.84. The van der Waals surface area contributed by atoms with Gasteiger partial charge in [-0.1, -0.05) is 12.1 Å². The van der Waals surface area contributed by atoms with E-state index in [-0.39, 0.29) is 16.9 Å². The number of anilines is 1. The van der Waals surface area contributed by atoms with Gasteiger partial charge in [0, 0.05) is 12.6 Å². The molecule has 2 rings (SSSR count). The molecule has 3 N–H and O–H groups in total. The first-order valence-electron chi connectivity index (χ1n) is 5.43. The molecule has 0 saturated heterocycles. The molecule has 1 atom stereocenters. The Morgan fingerprint density at radius 3 is 2.58 bits per heavy atom. The van der Waals surface area contributed by atoms with E-state index in [4.69, 9.17) is 5.73 Å². The van der Waals surface area contributed by atoms with Crippen LogP contribution in [0.3, 0.4) is 0 Å². The molecule has 1 heterocycles. The molecular weight excluding hydrogens is 259 g/mol. The van der Waals surface area contributed by atoms with Crippen LogP contribution in [0.15, 0.2) is 30.5 Å². The molecule has 0 aliphatic carbocycles. The van der Waals surface area contributed by atoms with Gasteiger partial charge in [-0.3, -0.25) is 4.68 Å². The Labute approximate surface area is 107 Å². The van der Waals surface area contributed by atoms with Gasteiger partial charge in [-0.25, -0.2) is 0 Å².